The highest BCUT2D eigenvalue weighted by Crippen LogP contribution is 2.27. The van der Waals surface area contributed by atoms with Crippen LogP contribution in [0.15, 0.2) is 18.2 Å². The molecule has 0 fully saturated rings. The lowest BCUT2D eigenvalue weighted by Gasteiger charge is -2.07. The van der Waals surface area contributed by atoms with Crippen LogP contribution in [-0.4, -0.2) is 10.8 Å². The van der Waals surface area contributed by atoms with E-state index in [0.717, 1.165) is 19.3 Å². The molecule has 0 aliphatic carbocycles. The molecule has 0 aliphatic heterocycles. The molecule has 0 bridgehead atoms. The van der Waals surface area contributed by atoms with Crippen LogP contribution < -0.4 is 16.6 Å². The van der Waals surface area contributed by atoms with Crippen molar-refractivity contribution in [1.82, 2.24) is 0 Å². The van der Waals surface area contributed by atoms with Crippen molar-refractivity contribution in [2.45, 2.75) is 96.8 Å². The number of amides is 1. The molecule has 0 saturated heterocycles. The lowest BCUT2D eigenvalue weighted by molar-refractivity contribution is -0.383. The Morgan fingerprint density at radius 3 is 1.93 bits per heavy atom. The summed E-state index contributed by atoms with van der Waals surface area (Å²) in [5.74, 6) is 5.14. The summed E-state index contributed by atoms with van der Waals surface area (Å²) in [6, 6.07) is 4.40. The summed E-state index contributed by atoms with van der Waals surface area (Å²) >= 11 is 0. The van der Waals surface area contributed by atoms with Crippen LogP contribution in [0.4, 0.5) is 17.1 Å². The van der Waals surface area contributed by atoms with E-state index in [-0.39, 0.29) is 17.3 Å². The zero-order valence-electron chi connectivity index (χ0n) is 17.9. The number of hydrogen-bond acceptors (Lipinski definition) is 5. The number of unbranched alkanes of at least 4 members (excludes halogenated alkanes) is 12. The molecule has 0 spiro atoms. The number of nitrogens with zero attached hydrogens (tertiary/aromatic N) is 1. The molecule has 0 saturated carbocycles. The van der Waals surface area contributed by atoms with Crippen LogP contribution in [0.3, 0.4) is 0 Å². The SMILES string of the molecule is CCCCCCCCCCCCCCCC(=O)Nc1ccc(NN)c([N+](=O)[O-])c1. The summed E-state index contributed by atoms with van der Waals surface area (Å²) < 4.78 is 0. The Kier molecular flexibility index (Phi) is 13.5. The fourth-order valence-corrected chi connectivity index (χ4v) is 3.41. The van der Waals surface area contributed by atoms with Crippen molar-refractivity contribution in [3.8, 4) is 0 Å². The second-order valence-electron chi connectivity index (χ2n) is 7.67. The van der Waals surface area contributed by atoms with Crippen molar-refractivity contribution < 1.29 is 9.72 Å². The van der Waals surface area contributed by atoms with Crippen molar-refractivity contribution in [1.29, 1.82) is 0 Å². The molecule has 0 atom stereocenters. The second kappa shape index (κ2) is 15.7. The van der Waals surface area contributed by atoms with Crippen LogP contribution in [0.1, 0.15) is 96.8 Å². The third-order valence-corrected chi connectivity index (χ3v) is 5.14. The van der Waals surface area contributed by atoms with Gasteiger partial charge in [0.05, 0.1) is 4.92 Å². The smallest absolute Gasteiger partial charge is 0.295 e. The molecule has 4 N–H and O–H groups in total. The maximum atomic E-state index is 12.0. The average Bonchev–Trinajstić information content (AvgIpc) is 2.71. The predicted octanol–water partition coefficient (Wildman–Crippen LogP) is 6.30. The van der Waals surface area contributed by atoms with E-state index < -0.39 is 4.92 Å². The van der Waals surface area contributed by atoms with Gasteiger partial charge < -0.3 is 10.7 Å². The fourth-order valence-electron chi connectivity index (χ4n) is 3.41. The Bertz CT molecular complexity index is 608. The van der Waals surface area contributed by atoms with E-state index in [0.29, 0.717) is 12.1 Å². The Hall–Kier alpha value is -2.15. The van der Waals surface area contributed by atoms with Gasteiger partial charge in [-0.1, -0.05) is 84.0 Å². The summed E-state index contributed by atoms with van der Waals surface area (Å²) in [6.45, 7) is 2.25. The zero-order valence-corrected chi connectivity index (χ0v) is 17.9. The maximum Gasteiger partial charge on any atom is 0.295 e. The van der Waals surface area contributed by atoms with Crippen LogP contribution in [0.2, 0.25) is 0 Å². The topological polar surface area (TPSA) is 110 Å². The number of carbonyl (C=O) groups excluding carboxylic acids is 1. The molecule has 7 nitrogen and oxygen atoms in total. The number of benzene rings is 1. The Labute approximate surface area is 174 Å². The van der Waals surface area contributed by atoms with Gasteiger partial charge in [-0.3, -0.25) is 20.8 Å². The molecule has 0 radical (unpaired) electrons. The number of nitrogen functional groups attached to an aromatic ring is 1. The van der Waals surface area contributed by atoms with Gasteiger partial charge in [0.25, 0.3) is 5.69 Å². The van der Waals surface area contributed by atoms with Gasteiger partial charge >= 0.3 is 0 Å². The number of nitro benzene ring substituents is 1. The molecule has 164 valence electrons. The third kappa shape index (κ3) is 11.4. The predicted molar refractivity (Wildman–Crippen MR) is 120 cm³/mol. The molecule has 0 unspecified atom stereocenters. The first-order valence-electron chi connectivity index (χ1n) is 11.1. The highest BCUT2D eigenvalue weighted by molar-refractivity contribution is 5.91. The minimum Gasteiger partial charge on any atom is -0.326 e. The normalized spacial score (nSPS) is 10.7. The highest BCUT2D eigenvalue weighted by atomic mass is 16.6. The molecule has 29 heavy (non-hydrogen) atoms. The first kappa shape index (κ1) is 24.9. The lowest BCUT2D eigenvalue weighted by atomic mass is 10.0. The van der Waals surface area contributed by atoms with Gasteiger partial charge in [-0.2, -0.15) is 0 Å². The molecule has 1 aromatic rings. The van der Waals surface area contributed by atoms with E-state index >= 15 is 0 Å². The van der Waals surface area contributed by atoms with Crippen LogP contribution in [0.5, 0.6) is 0 Å². The van der Waals surface area contributed by atoms with E-state index in [1.807, 2.05) is 0 Å². The molecule has 1 aromatic carbocycles. The molecular formula is C22H38N4O3. The van der Waals surface area contributed by atoms with Gasteiger partial charge in [0.2, 0.25) is 5.91 Å². The van der Waals surface area contributed by atoms with E-state index in [9.17, 15) is 14.9 Å². The number of nitrogens with one attached hydrogen (secondary N) is 2. The first-order valence-corrected chi connectivity index (χ1v) is 11.1. The van der Waals surface area contributed by atoms with E-state index in [4.69, 9.17) is 5.84 Å². The fraction of sp³-hybridized carbons (Fsp3) is 0.682. The first-order chi connectivity index (χ1) is 14.1. The molecule has 1 rings (SSSR count). The number of hydrogen-bond donors (Lipinski definition) is 3. The maximum absolute atomic E-state index is 12.0. The van der Waals surface area contributed by atoms with Gasteiger partial charge in [0, 0.05) is 18.2 Å². The zero-order chi connectivity index (χ0) is 21.3. The largest absolute Gasteiger partial charge is 0.326 e. The quantitative estimate of drug-likeness (QED) is 0.122. The minimum absolute atomic E-state index is 0.115. The monoisotopic (exact) mass is 406 g/mol. The van der Waals surface area contributed by atoms with Crippen molar-refractivity contribution >= 4 is 23.0 Å². The third-order valence-electron chi connectivity index (χ3n) is 5.14. The highest BCUT2D eigenvalue weighted by Gasteiger charge is 2.14. The van der Waals surface area contributed by atoms with Gasteiger partial charge in [-0.05, 0) is 18.6 Å². The van der Waals surface area contributed by atoms with Crippen LogP contribution >= 0.6 is 0 Å². The lowest BCUT2D eigenvalue weighted by Crippen LogP contribution is -2.13. The molecule has 1 amide bonds. The number of hydrazine groups is 1. The Morgan fingerprint density at radius 1 is 0.931 bits per heavy atom. The van der Waals surface area contributed by atoms with Gasteiger partial charge in [0.1, 0.15) is 5.69 Å². The van der Waals surface area contributed by atoms with Gasteiger partial charge in [-0.15, -0.1) is 0 Å². The Balaban J connectivity index is 2.06. The van der Waals surface area contributed by atoms with Gasteiger partial charge in [0.15, 0.2) is 0 Å². The number of anilines is 2. The minimum atomic E-state index is -0.530. The number of nitro groups is 1. The average molecular weight is 407 g/mol. The van der Waals surface area contributed by atoms with Crippen LogP contribution in [0.25, 0.3) is 0 Å². The Morgan fingerprint density at radius 2 is 1.45 bits per heavy atom. The van der Waals surface area contributed by atoms with Crippen molar-refractivity contribution in [3.05, 3.63) is 28.3 Å². The van der Waals surface area contributed by atoms with E-state index in [1.54, 1.807) is 6.07 Å². The number of nitrogens with two attached hydrogens (primary N) is 1. The molecular weight excluding hydrogens is 368 g/mol. The number of rotatable bonds is 17. The summed E-state index contributed by atoms with van der Waals surface area (Å²) in [4.78, 5) is 22.5. The van der Waals surface area contributed by atoms with Gasteiger partial charge in [-0.25, -0.2) is 0 Å². The summed E-state index contributed by atoms with van der Waals surface area (Å²) in [5.41, 5.74) is 2.75. The van der Waals surface area contributed by atoms with Crippen LogP contribution in [0, 0.1) is 10.1 Å². The number of carbonyl (C=O) groups is 1. The summed E-state index contributed by atoms with van der Waals surface area (Å²) in [7, 11) is 0. The second-order valence-corrected chi connectivity index (χ2v) is 7.67. The molecule has 7 heteroatoms. The van der Waals surface area contributed by atoms with Crippen molar-refractivity contribution in [2.24, 2.45) is 5.84 Å². The van der Waals surface area contributed by atoms with Crippen molar-refractivity contribution in [3.63, 3.8) is 0 Å². The standard InChI is InChI=1S/C22H38N4O3/c1-2-3-4-5-6-7-8-9-10-11-12-13-14-15-22(27)24-19-16-17-20(25-23)21(18-19)26(28)29/h16-18,25H,2-15,23H2,1H3,(H,24,27). The molecule has 0 heterocycles. The van der Waals surface area contributed by atoms with E-state index in [1.165, 1.54) is 76.3 Å². The molecule has 0 aromatic heterocycles. The summed E-state index contributed by atoms with van der Waals surface area (Å²) in [5, 5.41) is 13.7. The van der Waals surface area contributed by atoms with Crippen molar-refractivity contribution in [2.75, 3.05) is 10.7 Å². The summed E-state index contributed by atoms with van der Waals surface area (Å²) in [6.07, 6.45) is 16.9. The van der Waals surface area contributed by atoms with E-state index in [2.05, 4.69) is 17.7 Å². The van der Waals surface area contributed by atoms with Crippen LogP contribution in [-0.2, 0) is 4.79 Å². The molecule has 0 aliphatic rings.